The first-order chi connectivity index (χ1) is 12.5. The summed E-state index contributed by atoms with van der Waals surface area (Å²) in [5.74, 6) is -0.379. The summed E-state index contributed by atoms with van der Waals surface area (Å²) in [6.45, 7) is 0.444. The van der Waals surface area contributed by atoms with E-state index in [-0.39, 0.29) is 12.5 Å². The van der Waals surface area contributed by atoms with Crippen LogP contribution in [0.15, 0.2) is 60.9 Å². The molecule has 4 N–H and O–H groups in total. The van der Waals surface area contributed by atoms with Crippen molar-refractivity contribution in [2.45, 2.75) is 12.6 Å². The van der Waals surface area contributed by atoms with Gasteiger partial charge in [0.05, 0.1) is 6.10 Å². The number of benzene rings is 2. The van der Waals surface area contributed by atoms with E-state index < -0.39 is 12.2 Å². The van der Waals surface area contributed by atoms with Gasteiger partial charge in [0.1, 0.15) is 0 Å². The van der Waals surface area contributed by atoms with Crippen LogP contribution in [0.1, 0.15) is 10.4 Å². The molecule has 2 aromatic carbocycles. The molecule has 0 saturated heterocycles. The molecule has 3 aromatic rings. The van der Waals surface area contributed by atoms with Crippen molar-refractivity contribution in [3.63, 3.8) is 0 Å². The summed E-state index contributed by atoms with van der Waals surface area (Å²) in [4.78, 5) is 22.8. The van der Waals surface area contributed by atoms with Crippen molar-refractivity contribution < 1.29 is 19.8 Å². The molecule has 0 radical (unpaired) electrons. The smallest absolute Gasteiger partial charge is 0.409 e. The van der Waals surface area contributed by atoms with Gasteiger partial charge in [-0.25, -0.2) is 4.79 Å². The van der Waals surface area contributed by atoms with Crippen molar-refractivity contribution >= 4 is 28.5 Å². The van der Waals surface area contributed by atoms with E-state index in [9.17, 15) is 14.7 Å². The average Bonchev–Trinajstić information content (AvgIpc) is 3.01. The van der Waals surface area contributed by atoms with Crippen molar-refractivity contribution in [3.8, 4) is 0 Å². The molecule has 2 amide bonds. The van der Waals surface area contributed by atoms with Crippen LogP contribution in [-0.2, 0) is 6.54 Å². The Balaban J connectivity index is 1.56. The summed E-state index contributed by atoms with van der Waals surface area (Å²) in [7, 11) is 0. The van der Waals surface area contributed by atoms with Crippen LogP contribution in [0.4, 0.5) is 10.5 Å². The molecule has 0 aliphatic rings. The zero-order valence-corrected chi connectivity index (χ0v) is 13.9. The lowest BCUT2D eigenvalue weighted by Crippen LogP contribution is -2.34. The van der Waals surface area contributed by atoms with Crippen LogP contribution in [0.2, 0.25) is 0 Å². The Morgan fingerprint density at radius 2 is 1.73 bits per heavy atom. The second kappa shape index (κ2) is 7.71. The van der Waals surface area contributed by atoms with Crippen LogP contribution in [0.5, 0.6) is 0 Å². The van der Waals surface area contributed by atoms with Crippen LogP contribution < -0.4 is 10.6 Å². The van der Waals surface area contributed by atoms with E-state index in [0.29, 0.717) is 17.8 Å². The molecule has 0 aliphatic heterocycles. The number of aromatic nitrogens is 1. The van der Waals surface area contributed by atoms with Crippen LogP contribution in [0.25, 0.3) is 10.8 Å². The molecule has 0 saturated carbocycles. The number of carbonyl (C=O) groups excluding carboxylic acids is 1. The number of aliphatic hydroxyl groups is 1. The molecule has 134 valence electrons. The highest BCUT2D eigenvalue weighted by molar-refractivity contribution is 5.96. The van der Waals surface area contributed by atoms with Gasteiger partial charge in [-0.2, -0.15) is 0 Å². The number of fused-ring (bicyclic) bond motifs is 1. The monoisotopic (exact) mass is 353 g/mol. The normalized spacial score (nSPS) is 11.9. The molecule has 1 unspecified atom stereocenters. The van der Waals surface area contributed by atoms with Gasteiger partial charge < -0.3 is 20.1 Å². The largest absolute Gasteiger partial charge is 0.465 e. The third kappa shape index (κ3) is 4.40. The zero-order chi connectivity index (χ0) is 18.5. The summed E-state index contributed by atoms with van der Waals surface area (Å²) in [6, 6.07) is 14.1. The quantitative estimate of drug-likeness (QED) is 0.547. The molecule has 7 nitrogen and oxygen atoms in total. The van der Waals surface area contributed by atoms with Gasteiger partial charge in [0.2, 0.25) is 0 Å². The minimum atomic E-state index is -1.20. The van der Waals surface area contributed by atoms with Gasteiger partial charge in [0.25, 0.3) is 5.91 Å². The van der Waals surface area contributed by atoms with E-state index >= 15 is 0 Å². The molecular formula is C19H19N3O4. The third-order valence-electron chi connectivity index (χ3n) is 3.90. The lowest BCUT2D eigenvalue weighted by atomic mass is 10.2. The highest BCUT2D eigenvalue weighted by Gasteiger charge is 2.11. The summed E-state index contributed by atoms with van der Waals surface area (Å²) in [5, 5.41) is 25.9. The van der Waals surface area contributed by atoms with Gasteiger partial charge in [-0.05, 0) is 29.0 Å². The first kappa shape index (κ1) is 17.5. The summed E-state index contributed by atoms with van der Waals surface area (Å²) in [5.41, 5.74) is 0.625. The summed E-state index contributed by atoms with van der Waals surface area (Å²) < 4.78 is 1.89. The third-order valence-corrected chi connectivity index (χ3v) is 3.90. The number of amides is 2. The Morgan fingerprint density at radius 3 is 2.38 bits per heavy atom. The lowest BCUT2D eigenvalue weighted by molar-refractivity contribution is 0.0904. The van der Waals surface area contributed by atoms with E-state index in [1.54, 1.807) is 18.2 Å². The number of aliphatic hydroxyl groups excluding tert-OH is 1. The SMILES string of the molecule is O=C(O)Nc1cccc(C(=O)NCC(O)Cn2cc3ccccc3c2)c1. The molecule has 0 fully saturated rings. The topological polar surface area (TPSA) is 104 Å². The molecule has 0 bridgehead atoms. The van der Waals surface area contributed by atoms with E-state index in [1.165, 1.54) is 6.07 Å². The van der Waals surface area contributed by atoms with Gasteiger partial charge in [0.15, 0.2) is 0 Å². The van der Waals surface area contributed by atoms with E-state index in [2.05, 4.69) is 10.6 Å². The van der Waals surface area contributed by atoms with Gasteiger partial charge >= 0.3 is 6.09 Å². The minimum Gasteiger partial charge on any atom is -0.465 e. The van der Waals surface area contributed by atoms with Gasteiger partial charge in [-0.1, -0.05) is 30.3 Å². The van der Waals surface area contributed by atoms with Crippen LogP contribution >= 0.6 is 0 Å². The highest BCUT2D eigenvalue weighted by Crippen LogP contribution is 2.15. The van der Waals surface area contributed by atoms with E-state index in [4.69, 9.17) is 5.11 Å². The Labute approximate surface area is 149 Å². The molecule has 0 spiro atoms. The summed E-state index contributed by atoms with van der Waals surface area (Å²) >= 11 is 0. The molecule has 0 aliphatic carbocycles. The van der Waals surface area contributed by atoms with Crippen molar-refractivity contribution in [1.82, 2.24) is 9.88 Å². The van der Waals surface area contributed by atoms with Gasteiger partial charge in [0, 0.05) is 36.7 Å². The summed E-state index contributed by atoms with van der Waals surface area (Å²) in [6.07, 6.45) is 1.95. The second-order valence-corrected chi connectivity index (χ2v) is 5.96. The standard InChI is InChI=1S/C19H19N3O4/c23-17(12-22-10-14-4-1-2-5-15(14)11-22)9-20-18(24)13-6-3-7-16(8-13)21-19(25)26/h1-8,10-11,17,21,23H,9,12H2,(H,20,24)(H,25,26). The predicted octanol–water partition coefficient (Wildman–Crippen LogP) is 2.52. The van der Waals surface area contributed by atoms with Crippen LogP contribution in [0, 0.1) is 0 Å². The first-order valence-electron chi connectivity index (χ1n) is 8.12. The molecule has 1 aromatic heterocycles. The number of hydrogen-bond acceptors (Lipinski definition) is 3. The fraction of sp³-hybridized carbons (Fsp3) is 0.158. The number of carbonyl (C=O) groups is 2. The van der Waals surface area contributed by atoms with Crippen molar-refractivity contribution in [2.75, 3.05) is 11.9 Å². The maximum absolute atomic E-state index is 12.2. The Morgan fingerprint density at radius 1 is 1.04 bits per heavy atom. The zero-order valence-electron chi connectivity index (χ0n) is 13.9. The Bertz CT molecular complexity index is 902. The lowest BCUT2D eigenvalue weighted by Gasteiger charge is -2.13. The Hall–Kier alpha value is -3.32. The molecule has 26 heavy (non-hydrogen) atoms. The van der Waals surface area contributed by atoms with Crippen LogP contribution in [0.3, 0.4) is 0 Å². The Kier molecular flexibility index (Phi) is 5.19. The molecule has 1 atom stereocenters. The number of carboxylic acid groups (broad SMARTS) is 1. The predicted molar refractivity (Wildman–Crippen MR) is 98.4 cm³/mol. The highest BCUT2D eigenvalue weighted by atomic mass is 16.4. The number of anilines is 1. The maximum atomic E-state index is 12.2. The fourth-order valence-corrected chi connectivity index (χ4v) is 2.73. The molecule has 7 heteroatoms. The van der Waals surface area contributed by atoms with Gasteiger partial charge in [-0.3, -0.25) is 10.1 Å². The first-order valence-corrected chi connectivity index (χ1v) is 8.12. The molecule has 1 heterocycles. The van der Waals surface area contributed by atoms with E-state index in [0.717, 1.165) is 10.8 Å². The number of nitrogens with zero attached hydrogens (tertiary/aromatic N) is 1. The number of rotatable bonds is 6. The van der Waals surface area contributed by atoms with Crippen molar-refractivity contribution in [2.24, 2.45) is 0 Å². The minimum absolute atomic E-state index is 0.0872. The second-order valence-electron chi connectivity index (χ2n) is 5.96. The maximum Gasteiger partial charge on any atom is 0.409 e. The number of nitrogens with one attached hydrogen (secondary N) is 2. The average molecular weight is 353 g/mol. The van der Waals surface area contributed by atoms with Crippen LogP contribution in [-0.4, -0.2) is 39.4 Å². The molecule has 3 rings (SSSR count). The molecular weight excluding hydrogens is 334 g/mol. The number of hydrogen-bond donors (Lipinski definition) is 4. The van der Waals surface area contributed by atoms with Gasteiger partial charge in [-0.15, -0.1) is 0 Å². The van der Waals surface area contributed by atoms with E-state index in [1.807, 2.05) is 41.2 Å². The fourth-order valence-electron chi connectivity index (χ4n) is 2.73. The van der Waals surface area contributed by atoms with Crippen molar-refractivity contribution in [3.05, 3.63) is 66.5 Å². The van der Waals surface area contributed by atoms with Crippen molar-refractivity contribution in [1.29, 1.82) is 0 Å².